The topological polar surface area (TPSA) is 39.7 Å². The van der Waals surface area contributed by atoms with E-state index in [0.29, 0.717) is 0 Å². The minimum Gasteiger partial charge on any atom is -0.497 e. The zero-order valence-electron chi connectivity index (χ0n) is 12.2. The molecule has 0 aliphatic carbocycles. The normalized spacial score (nSPS) is 18.5. The van der Waals surface area contributed by atoms with Gasteiger partial charge in [-0.1, -0.05) is 13.0 Å². The lowest BCUT2D eigenvalue weighted by Gasteiger charge is -2.39. The van der Waals surface area contributed by atoms with Gasteiger partial charge in [0.25, 0.3) is 0 Å². The van der Waals surface area contributed by atoms with E-state index >= 15 is 0 Å². The average Bonchev–Trinajstić information content (AvgIpc) is 2.41. The Morgan fingerprint density at radius 2 is 2.05 bits per heavy atom. The van der Waals surface area contributed by atoms with Crippen molar-refractivity contribution in [2.75, 3.05) is 34.0 Å². The molecular weight excluding hydrogens is 242 g/mol. The number of ether oxygens (including phenoxy) is 3. The van der Waals surface area contributed by atoms with Gasteiger partial charge in [-0.2, -0.15) is 0 Å². The van der Waals surface area contributed by atoms with Crippen molar-refractivity contribution in [3.8, 4) is 11.5 Å². The van der Waals surface area contributed by atoms with Crippen molar-refractivity contribution in [2.24, 2.45) is 5.41 Å². The minimum atomic E-state index is 0.235. The molecule has 0 bridgehead atoms. The first kappa shape index (κ1) is 14.2. The summed E-state index contributed by atoms with van der Waals surface area (Å²) in [5.74, 6) is 1.67. The summed E-state index contributed by atoms with van der Waals surface area (Å²) in [6.45, 7) is 7.01. The van der Waals surface area contributed by atoms with Gasteiger partial charge in [0, 0.05) is 29.6 Å². The molecule has 0 amide bonds. The summed E-state index contributed by atoms with van der Waals surface area (Å²) >= 11 is 0. The third-order valence-corrected chi connectivity index (χ3v) is 3.64. The Labute approximate surface area is 115 Å². The first-order valence-electron chi connectivity index (χ1n) is 6.61. The quantitative estimate of drug-likeness (QED) is 0.857. The van der Waals surface area contributed by atoms with E-state index in [1.807, 2.05) is 12.1 Å². The maximum atomic E-state index is 5.44. The largest absolute Gasteiger partial charge is 0.497 e. The molecule has 0 spiro atoms. The molecular formula is C15H23NO3. The van der Waals surface area contributed by atoms with Crippen LogP contribution in [0.25, 0.3) is 0 Å². The molecule has 1 saturated heterocycles. The molecule has 0 radical (unpaired) electrons. The maximum Gasteiger partial charge on any atom is 0.127 e. The monoisotopic (exact) mass is 265 g/mol. The van der Waals surface area contributed by atoms with Gasteiger partial charge in [-0.15, -0.1) is 0 Å². The molecule has 1 atom stereocenters. The predicted octanol–water partition coefficient (Wildman–Crippen LogP) is 2.39. The molecule has 0 aromatic heterocycles. The molecule has 1 aromatic carbocycles. The van der Waals surface area contributed by atoms with E-state index in [1.165, 1.54) is 0 Å². The highest BCUT2D eigenvalue weighted by atomic mass is 16.5. The number of hydrogen-bond acceptors (Lipinski definition) is 4. The summed E-state index contributed by atoms with van der Waals surface area (Å²) in [6, 6.07) is 6.17. The third-order valence-electron chi connectivity index (χ3n) is 3.64. The highest BCUT2D eigenvalue weighted by molar-refractivity contribution is 5.42. The van der Waals surface area contributed by atoms with Crippen LogP contribution in [-0.4, -0.2) is 34.0 Å². The fraction of sp³-hybridized carbons (Fsp3) is 0.600. The Balaban J connectivity index is 2.03. The van der Waals surface area contributed by atoms with E-state index in [2.05, 4.69) is 25.2 Å². The molecule has 19 heavy (non-hydrogen) atoms. The van der Waals surface area contributed by atoms with Crippen LogP contribution in [0.1, 0.15) is 25.5 Å². The van der Waals surface area contributed by atoms with Crippen LogP contribution in [-0.2, 0) is 4.74 Å². The average molecular weight is 265 g/mol. The predicted molar refractivity (Wildman–Crippen MR) is 74.9 cm³/mol. The molecule has 1 aliphatic rings. The van der Waals surface area contributed by atoms with Crippen LogP contribution in [0.5, 0.6) is 11.5 Å². The summed E-state index contributed by atoms with van der Waals surface area (Å²) in [6.07, 6.45) is 0. The lowest BCUT2D eigenvalue weighted by atomic mass is 9.88. The van der Waals surface area contributed by atoms with Crippen LogP contribution >= 0.6 is 0 Å². The zero-order valence-corrected chi connectivity index (χ0v) is 12.2. The fourth-order valence-corrected chi connectivity index (χ4v) is 2.24. The molecule has 1 fully saturated rings. The van der Waals surface area contributed by atoms with Crippen molar-refractivity contribution in [1.29, 1.82) is 0 Å². The van der Waals surface area contributed by atoms with Crippen LogP contribution in [0.15, 0.2) is 18.2 Å². The van der Waals surface area contributed by atoms with Gasteiger partial charge in [0.1, 0.15) is 11.5 Å². The first-order chi connectivity index (χ1) is 9.08. The van der Waals surface area contributed by atoms with E-state index in [4.69, 9.17) is 14.2 Å². The minimum absolute atomic E-state index is 0.235. The molecule has 4 nitrogen and oxygen atoms in total. The highest BCUT2D eigenvalue weighted by Gasteiger charge is 2.33. The number of hydrogen-bond donors (Lipinski definition) is 1. The SMILES string of the molecule is COc1ccc(C(C)NCC2(C)COC2)c(OC)c1. The molecule has 4 heteroatoms. The zero-order chi connectivity index (χ0) is 13.9. The second-order valence-electron chi connectivity index (χ2n) is 5.51. The van der Waals surface area contributed by atoms with Crippen molar-refractivity contribution in [3.05, 3.63) is 23.8 Å². The van der Waals surface area contributed by atoms with E-state index in [9.17, 15) is 0 Å². The Morgan fingerprint density at radius 1 is 1.32 bits per heavy atom. The van der Waals surface area contributed by atoms with Crippen molar-refractivity contribution in [3.63, 3.8) is 0 Å². The molecule has 1 aliphatic heterocycles. The summed E-state index contributed by atoms with van der Waals surface area (Å²) in [4.78, 5) is 0. The van der Waals surface area contributed by atoms with E-state index in [-0.39, 0.29) is 11.5 Å². The molecule has 2 rings (SSSR count). The van der Waals surface area contributed by atoms with Crippen LogP contribution in [0, 0.1) is 5.41 Å². The molecule has 1 unspecified atom stereocenters. The van der Waals surface area contributed by atoms with Gasteiger partial charge >= 0.3 is 0 Å². The van der Waals surface area contributed by atoms with Gasteiger partial charge in [-0.05, 0) is 13.0 Å². The van der Waals surface area contributed by atoms with E-state index in [1.54, 1.807) is 14.2 Å². The second-order valence-corrected chi connectivity index (χ2v) is 5.51. The Hall–Kier alpha value is -1.26. The fourth-order valence-electron chi connectivity index (χ4n) is 2.24. The lowest BCUT2D eigenvalue weighted by molar-refractivity contribution is -0.0999. The summed E-state index contributed by atoms with van der Waals surface area (Å²) in [5.41, 5.74) is 1.42. The van der Waals surface area contributed by atoms with E-state index < -0.39 is 0 Å². The van der Waals surface area contributed by atoms with Gasteiger partial charge in [-0.25, -0.2) is 0 Å². The Kier molecular flexibility index (Phi) is 4.32. The van der Waals surface area contributed by atoms with Gasteiger partial charge < -0.3 is 19.5 Å². The first-order valence-corrected chi connectivity index (χ1v) is 6.61. The van der Waals surface area contributed by atoms with Gasteiger partial charge in [0.15, 0.2) is 0 Å². The molecule has 0 saturated carbocycles. The number of nitrogens with one attached hydrogen (secondary N) is 1. The van der Waals surface area contributed by atoms with E-state index in [0.717, 1.165) is 36.8 Å². The van der Waals surface area contributed by atoms with Crippen LogP contribution < -0.4 is 14.8 Å². The molecule has 1 heterocycles. The van der Waals surface area contributed by atoms with Crippen LogP contribution in [0.2, 0.25) is 0 Å². The maximum absolute atomic E-state index is 5.44. The highest BCUT2D eigenvalue weighted by Crippen LogP contribution is 2.31. The van der Waals surface area contributed by atoms with Crippen molar-refractivity contribution < 1.29 is 14.2 Å². The second kappa shape index (κ2) is 5.80. The number of methoxy groups -OCH3 is 2. The van der Waals surface area contributed by atoms with Gasteiger partial charge in [0.05, 0.1) is 27.4 Å². The van der Waals surface area contributed by atoms with Crippen molar-refractivity contribution in [2.45, 2.75) is 19.9 Å². The third kappa shape index (κ3) is 3.19. The number of rotatable bonds is 6. The standard InChI is InChI=1S/C15H23NO3/c1-11(16-8-15(2)9-19-10-15)13-6-5-12(17-3)7-14(13)18-4/h5-7,11,16H,8-10H2,1-4H3. The molecule has 1 aromatic rings. The molecule has 106 valence electrons. The summed E-state index contributed by atoms with van der Waals surface area (Å²) < 4.78 is 15.9. The number of benzene rings is 1. The van der Waals surface area contributed by atoms with Crippen LogP contribution in [0.4, 0.5) is 0 Å². The van der Waals surface area contributed by atoms with Crippen LogP contribution in [0.3, 0.4) is 0 Å². The van der Waals surface area contributed by atoms with Gasteiger partial charge in [-0.3, -0.25) is 0 Å². The van der Waals surface area contributed by atoms with Gasteiger partial charge in [0.2, 0.25) is 0 Å². The van der Waals surface area contributed by atoms with Crippen molar-refractivity contribution in [1.82, 2.24) is 5.32 Å². The summed E-state index contributed by atoms with van der Waals surface area (Å²) in [7, 11) is 3.35. The van der Waals surface area contributed by atoms with Crippen molar-refractivity contribution >= 4 is 0 Å². The Bertz CT molecular complexity index is 429. The Morgan fingerprint density at radius 3 is 2.58 bits per heavy atom. The molecule has 1 N–H and O–H groups in total. The lowest BCUT2D eigenvalue weighted by Crippen LogP contribution is -2.47. The summed E-state index contributed by atoms with van der Waals surface area (Å²) in [5, 5.41) is 3.55. The smallest absolute Gasteiger partial charge is 0.127 e.